The van der Waals surface area contributed by atoms with Crippen molar-refractivity contribution in [3.63, 3.8) is 0 Å². The van der Waals surface area contributed by atoms with Gasteiger partial charge < -0.3 is 9.14 Å². The summed E-state index contributed by atoms with van der Waals surface area (Å²) in [5.74, 6) is 0.400. The van der Waals surface area contributed by atoms with Crippen molar-refractivity contribution in [2.45, 2.75) is 23.1 Å². The topological polar surface area (TPSA) is 47.8 Å². The van der Waals surface area contributed by atoms with E-state index in [1.165, 1.54) is 0 Å². The van der Waals surface area contributed by atoms with E-state index in [9.17, 15) is 8.42 Å². The van der Waals surface area contributed by atoms with E-state index in [1.807, 2.05) is 25.3 Å². The van der Waals surface area contributed by atoms with Crippen molar-refractivity contribution in [3.8, 4) is 5.75 Å². The fourth-order valence-corrected chi connectivity index (χ4v) is 3.95. The SMILES string of the molecule is CCCOc1cn2ccccc2c1S(=O)(=O)c1ccccc1. The summed E-state index contributed by atoms with van der Waals surface area (Å²) in [6.07, 6.45) is 4.36. The lowest BCUT2D eigenvalue weighted by Crippen LogP contribution is -2.05. The zero-order valence-corrected chi connectivity index (χ0v) is 13.1. The summed E-state index contributed by atoms with van der Waals surface area (Å²) in [5.41, 5.74) is 0.623. The molecule has 4 nitrogen and oxygen atoms in total. The Balaban J connectivity index is 2.24. The van der Waals surface area contributed by atoms with Crippen LogP contribution < -0.4 is 4.74 Å². The highest BCUT2D eigenvalue weighted by atomic mass is 32.2. The van der Waals surface area contributed by atoms with E-state index in [0.717, 1.165) is 6.42 Å². The third-order valence-corrected chi connectivity index (χ3v) is 5.23. The first-order valence-corrected chi connectivity index (χ1v) is 8.65. The number of nitrogens with zero attached hydrogens (tertiary/aromatic N) is 1. The van der Waals surface area contributed by atoms with Crippen LogP contribution in [0.3, 0.4) is 0 Å². The summed E-state index contributed by atoms with van der Waals surface area (Å²) in [5, 5.41) is 0. The minimum absolute atomic E-state index is 0.229. The maximum Gasteiger partial charge on any atom is 0.212 e. The molecule has 0 unspecified atom stereocenters. The third-order valence-electron chi connectivity index (χ3n) is 3.39. The summed E-state index contributed by atoms with van der Waals surface area (Å²) >= 11 is 0. The largest absolute Gasteiger partial charge is 0.491 e. The number of benzene rings is 1. The molecular formula is C17H17NO3S. The molecular weight excluding hydrogens is 298 g/mol. The van der Waals surface area contributed by atoms with Gasteiger partial charge >= 0.3 is 0 Å². The molecule has 5 heteroatoms. The van der Waals surface area contributed by atoms with E-state index in [2.05, 4.69) is 0 Å². The van der Waals surface area contributed by atoms with Crippen LogP contribution in [-0.2, 0) is 9.84 Å². The van der Waals surface area contributed by atoms with E-state index in [1.54, 1.807) is 47.0 Å². The predicted molar refractivity (Wildman–Crippen MR) is 85.1 cm³/mol. The van der Waals surface area contributed by atoms with Crippen LogP contribution in [0, 0.1) is 0 Å². The molecule has 0 bridgehead atoms. The zero-order chi connectivity index (χ0) is 15.6. The predicted octanol–water partition coefficient (Wildman–Crippen LogP) is 3.56. The average molecular weight is 315 g/mol. The molecule has 3 rings (SSSR count). The fourth-order valence-electron chi connectivity index (χ4n) is 2.37. The summed E-state index contributed by atoms with van der Waals surface area (Å²) in [7, 11) is -3.63. The van der Waals surface area contributed by atoms with E-state index in [-0.39, 0.29) is 9.79 Å². The van der Waals surface area contributed by atoms with Gasteiger partial charge in [-0.25, -0.2) is 8.42 Å². The summed E-state index contributed by atoms with van der Waals surface area (Å²) in [4.78, 5) is 0.501. The molecule has 2 aromatic heterocycles. The zero-order valence-electron chi connectivity index (χ0n) is 12.3. The fraction of sp³-hybridized carbons (Fsp3) is 0.176. The van der Waals surface area contributed by atoms with Gasteiger partial charge in [0.1, 0.15) is 4.90 Å². The molecule has 114 valence electrons. The van der Waals surface area contributed by atoms with Gasteiger partial charge in [-0.05, 0) is 30.7 Å². The van der Waals surface area contributed by atoms with Gasteiger partial charge in [0.25, 0.3) is 0 Å². The molecule has 0 spiro atoms. The van der Waals surface area contributed by atoms with Gasteiger partial charge in [0.05, 0.1) is 23.2 Å². The number of hydrogen-bond donors (Lipinski definition) is 0. The number of aromatic nitrogens is 1. The number of pyridine rings is 1. The number of ether oxygens (including phenoxy) is 1. The highest BCUT2D eigenvalue weighted by molar-refractivity contribution is 7.91. The van der Waals surface area contributed by atoms with Gasteiger partial charge in [0.2, 0.25) is 9.84 Å². The van der Waals surface area contributed by atoms with E-state index in [0.29, 0.717) is 17.9 Å². The van der Waals surface area contributed by atoms with Crippen LogP contribution in [0.15, 0.2) is 70.7 Å². The lowest BCUT2D eigenvalue weighted by molar-refractivity contribution is 0.310. The Morgan fingerprint density at radius 3 is 2.50 bits per heavy atom. The normalized spacial score (nSPS) is 11.7. The number of sulfone groups is 1. The minimum atomic E-state index is -3.63. The second-order valence-corrected chi connectivity index (χ2v) is 6.87. The average Bonchev–Trinajstić information content (AvgIpc) is 2.92. The molecule has 2 heterocycles. The second-order valence-electron chi connectivity index (χ2n) is 4.98. The van der Waals surface area contributed by atoms with Crippen molar-refractivity contribution in [1.82, 2.24) is 4.40 Å². The van der Waals surface area contributed by atoms with Crippen LogP contribution in [0.25, 0.3) is 5.52 Å². The van der Waals surface area contributed by atoms with Gasteiger partial charge in [-0.1, -0.05) is 31.2 Å². The van der Waals surface area contributed by atoms with Crippen molar-refractivity contribution in [3.05, 3.63) is 60.9 Å². The number of rotatable bonds is 5. The lowest BCUT2D eigenvalue weighted by atomic mass is 10.4. The summed E-state index contributed by atoms with van der Waals surface area (Å²) in [6, 6.07) is 13.9. The molecule has 22 heavy (non-hydrogen) atoms. The molecule has 3 aromatic rings. The van der Waals surface area contributed by atoms with Gasteiger partial charge in [0, 0.05) is 6.20 Å². The molecule has 0 atom stereocenters. The first-order chi connectivity index (χ1) is 10.6. The van der Waals surface area contributed by atoms with Crippen molar-refractivity contribution in [2.75, 3.05) is 6.61 Å². The monoisotopic (exact) mass is 315 g/mol. The maximum atomic E-state index is 13.0. The maximum absolute atomic E-state index is 13.0. The molecule has 0 fully saturated rings. The lowest BCUT2D eigenvalue weighted by Gasteiger charge is -2.08. The van der Waals surface area contributed by atoms with Gasteiger partial charge in [0.15, 0.2) is 5.75 Å². The first kappa shape index (κ1) is 14.7. The van der Waals surface area contributed by atoms with Crippen molar-refractivity contribution in [2.24, 2.45) is 0 Å². The molecule has 0 aliphatic carbocycles. The van der Waals surface area contributed by atoms with Crippen LogP contribution in [0.4, 0.5) is 0 Å². The first-order valence-electron chi connectivity index (χ1n) is 7.17. The Hall–Kier alpha value is -2.27. The summed E-state index contributed by atoms with van der Waals surface area (Å²) in [6.45, 7) is 2.47. The van der Waals surface area contributed by atoms with E-state index >= 15 is 0 Å². The Bertz CT molecular complexity index is 883. The highest BCUT2D eigenvalue weighted by Gasteiger charge is 2.26. The highest BCUT2D eigenvalue weighted by Crippen LogP contribution is 2.34. The quantitative estimate of drug-likeness (QED) is 0.723. The number of fused-ring (bicyclic) bond motifs is 1. The van der Waals surface area contributed by atoms with E-state index < -0.39 is 9.84 Å². The second kappa shape index (κ2) is 5.85. The Kier molecular flexibility index (Phi) is 3.90. The van der Waals surface area contributed by atoms with Gasteiger partial charge in [-0.15, -0.1) is 0 Å². The molecule has 0 saturated carbocycles. The van der Waals surface area contributed by atoms with Crippen molar-refractivity contribution in [1.29, 1.82) is 0 Å². The van der Waals surface area contributed by atoms with Crippen LogP contribution in [0.1, 0.15) is 13.3 Å². The van der Waals surface area contributed by atoms with Crippen LogP contribution in [-0.4, -0.2) is 19.4 Å². The molecule has 1 aromatic carbocycles. The Morgan fingerprint density at radius 1 is 1.05 bits per heavy atom. The third kappa shape index (κ3) is 2.48. The molecule has 0 N–H and O–H groups in total. The Morgan fingerprint density at radius 2 is 1.77 bits per heavy atom. The van der Waals surface area contributed by atoms with Crippen LogP contribution >= 0.6 is 0 Å². The molecule has 0 aliphatic rings. The molecule has 0 amide bonds. The minimum Gasteiger partial charge on any atom is -0.491 e. The van der Waals surface area contributed by atoms with Crippen molar-refractivity contribution < 1.29 is 13.2 Å². The standard InChI is InChI=1S/C17H17NO3S/c1-2-12-21-16-13-18-11-7-6-10-15(18)17(16)22(19,20)14-8-4-3-5-9-14/h3-11,13H,2,12H2,1H3. The molecule has 0 aliphatic heterocycles. The van der Waals surface area contributed by atoms with Gasteiger partial charge in [-0.3, -0.25) is 0 Å². The summed E-state index contributed by atoms with van der Waals surface area (Å²) < 4.78 is 33.5. The van der Waals surface area contributed by atoms with Crippen LogP contribution in [0.2, 0.25) is 0 Å². The molecule has 0 saturated heterocycles. The number of hydrogen-bond acceptors (Lipinski definition) is 3. The van der Waals surface area contributed by atoms with Gasteiger partial charge in [-0.2, -0.15) is 0 Å². The van der Waals surface area contributed by atoms with Crippen LogP contribution in [0.5, 0.6) is 5.75 Å². The van der Waals surface area contributed by atoms with E-state index in [4.69, 9.17) is 4.74 Å². The smallest absolute Gasteiger partial charge is 0.212 e. The Labute approximate surface area is 129 Å². The molecule has 0 radical (unpaired) electrons. The van der Waals surface area contributed by atoms with Crippen molar-refractivity contribution >= 4 is 15.4 Å².